The van der Waals surface area contributed by atoms with Gasteiger partial charge in [0.15, 0.2) is 0 Å². The molecule has 62 valence electrons. The van der Waals surface area contributed by atoms with Crippen molar-refractivity contribution in [1.29, 1.82) is 0 Å². The number of hydrogen-bond acceptors (Lipinski definition) is 0. The van der Waals surface area contributed by atoms with Crippen LogP contribution in [0.1, 0.15) is 33.6 Å². The molecule has 11 heavy (non-hydrogen) atoms. The molecule has 0 N–H and O–H groups in total. The second-order valence-electron chi connectivity index (χ2n) is 2.82. The van der Waals surface area contributed by atoms with Crippen LogP contribution in [-0.2, 0) is 0 Å². The van der Waals surface area contributed by atoms with Crippen LogP contribution in [0.15, 0.2) is 36.0 Å². The fraction of sp³-hybridized carbons (Fsp3) is 0.455. The van der Waals surface area contributed by atoms with Crippen LogP contribution in [0.4, 0.5) is 0 Å². The van der Waals surface area contributed by atoms with Crippen molar-refractivity contribution in [3.05, 3.63) is 36.0 Å². The quantitative estimate of drug-likeness (QED) is 0.534. The average Bonchev–Trinajstić information content (AvgIpc) is 1.99. The first kappa shape index (κ1) is 10.2. The molecule has 0 aliphatic rings. The maximum atomic E-state index is 3.91. The third kappa shape index (κ3) is 3.82. The van der Waals surface area contributed by atoms with E-state index in [1.165, 1.54) is 5.57 Å². The molecule has 0 nitrogen and oxygen atoms in total. The summed E-state index contributed by atoms with van der Waals surface area (Å²) in [5.41, 5.74) is 3.56. The van der Waals surface area contributed by atoms with Crippen molar-refractivity contribution in [2.24, 2.45) is 0 Å². The lowest BCUT2D eigenvalue weighted by molar-refractivity contribution is 0.975. The van der Waals surface area contributed by atoms with Gasteiger partial charge >= 0.3 is 0 Å². The van der Waals surface area contributed by atoms with E-state index in [-0.39, 0.29) is 0 Å². The monoisotopic (exact) mass is 150 g/mol. The maximum absolute atomic E-state index is 3.91. The lowest BCUT2D eigenvalue weighted by atomic mass is 10.0. The van der Waals surface area contributed by atoms with Gasteiger partial charge in [-0.25, -0.2) is 0 Å². The first-order valence-electron chi connectivity index (χ1n) is 4.16. The first-order valence-corrected chi connectivity index (χ1v) is 4.16. The second-order valence-corrected chi connectivity index (χ2v) is 2.82. The molecule has 0 bridgehead atoms. The minimum Gasteiger partial charge on any atom is -0.0955 e. The Bertz CT molecular complexity index is 176. The van der Waals surface area contributed by atoms with E-state index in [4.69, 9.17) is 0 Å². The van der Waals surface area contributed by atoms with Crippen LogP contribution in [-0.4, -0.2) is 0 Å². The molecule has 0 aromatic rings. The molecule has 0 aromatic heterocycles. The van der Waals surface area contributed by atoms with Crippen LogP contribution < -0.4 is 0 Å². The van der Waals surface area contributed by atoms with Crippen LogP contribution >= 0.6 is 0 Å². The van der Waals surface area contributed by atoms with Crippen molar-refractivity contribution in [1.82, 2.24) is 0 Å². The van der Waals surface area contributed by atoms with Crippen LogP contribution in [0, 0.1) is 0 Å². The summed E-state index contributed by atoms with van der Waals surface area (Å²) in [7, 11) is 0. The number of allylic oxidation sites excluding steroid dienone is 4. The van der Waals surface area contributed by atoms with Gasteiger partial charge < -0.3 is 0 Å². The SMILES string of the molecule is C=C(C)C(=C)C=C(CC)CC. The second kappa shape index (κ2) is 4.95. The van der Waals surface area contributed by atoms with Crippen molar-refractivity contribution < 1.29 is 0 Å². The Balaban J connectivity index is 4.27. The molecule has 0 saturated heterocycles. The Hall–Kier alpha value is -0.780. The van der Waals surface area contributed by atoms with Gasteiger partial charge in [-0.2, -0.15) is 0 Å². The lowest BCUT2D eigenvalue weighted by Gasteiger charge is -2.02. The van der Waals surface area contributed by atoms with Gasteiger partial charge in [-0.15, -0.1) is 0 Å². The highest BCUT2D eigenvalue weighted by Crippen LogP contribution is 2.13. The Morgan fingerprint density at radius 2 is 1.64 bits per heavy atom. The van der Waals surface area contributed by atoms with Crippen LogP contribution in [0.5, 0.6) is 0 Å². The van der Waals surface area contributed by atoms with E-state index in [1.807, 2.05) is 6.92 Å². The molecule has 0 atom stereocenters. The van der Waals surface area contributed by atoms with E-state index in [1.54, 1.807) is 0 Å². The average molecular weight is 150 g/mol. The highest BCUT2D eigenvalue weighted by molar-refractivity contribution is 5.35. The van der Waals surface area contributed by atoms with Gasteiger partial charge in [-0.05, 0) is 25.3 Å². The summed E-state index contributed by atoms with van der Waals surface area (Å²) in [6, 6.07) is 0. The minimum atomic E-state index is 1.06. The molecular weight excluding hydrogens is 132 g/mol. The molecule has 0 heteroatoms. The summed E-state index contributed by atoms with van der Waals surface area (Å²) in [5.74, 6) is 0. The standard InChI is InChI=1S/C11H18/c1-6-11(7-2)8-10(5)9(3)4/h8H,3,5-7H2,1-2,4H3. The molecule has 0 saturated carbocycles. The van der Waals surface area contributed by atoms with Crippen molar-refractivity contribution in [2.45, 2.75) is 33.6 Å². The van der Waals surface area contributed by atoms with Gasteiger partial charge in [0.2, 0.25) is 0 Å². The highest BCUT2D eigenvalue weighted by atomic mass is 14.0. The predicted molar refractivity (Wildman–Crippen MR) is 52.6 cm³/mol. The van der Waals surface area contributed by atoms with Gasteiger partial charge in [0, 0.05) is 0 Å². The summed E-state index contributed by atoms with van der Waals surface area (Å²) in [4.78, 5) is 0. The third-order valence-corrected chi connectivity index (χ3v) is 1.83. The van der Waals surface area contributed by atoms with E-state index in [9.17, 15) is 0 Å². The Morgan fingerprint density at radius 1 is 1.18 bits per heavy atom. The van der Waals surface area contributed by atoms with Crippen molar-refractivity contribution >= 4 is 0 Å². The molecule has 0 spiro atoms. The molecular formula is C11H18. The molecule has 0 aromatic carbocycles. The molecule has 0 fully saturated rings. The largest absolute Gasteiger partial charge is 0.0955 e. The van der Waals surface area contributed by atoms with Gasteiger partial charge in [0.1, 0.15) is 0 Å². The lowest BCUT2D eigenvalue weighted by Crippen LogP contribution is -1.81. The summed E-state index contributed by atoms with van der Waals surface area (Å²) in [6.07, 6.45) is 4.37. The predicted octanol–water partition coefficient (Wildman–Crippen LogP) is 3.87. The molecule has 0 unspecified atom stereocenters. The summed E-state index contributed by atoms with van der Waals surface area (Å²) in [6.45, 7) is 14.1. The van der Waals surface area contributed by atoms with Crippen molar-refractivity contribution in [3.8, 4) is 0 Å². The third-order valence-electron chi connectivity index (χ3n) is 1.83. The Morgan fingerprint density at radius 3 is 1.91 bits per heavy atom. The minimum absolute atomic E-state index is 1.06. The molecule has 0 heterocycles. The van der Waals surface area contributed by atoms with E-state index in [2.05, 4.69) is 33.1 Å². The Kier molecular flexibility index (Phi) is 4.60. The summed E-state index contributed by atoms with van der Waals surface area (Å²) < 4.78 is 0. The van der Waals surface area contributed by atoms with Crippen molar-refractivity contribution in [2.75, 3.05) is 0 Å². The fourth-order valence-corrected chi connectivity index (χ4v) is 0.824. The van der Waals surface area contributed by atoms with Crippen molar-refractivity contribution in [3.63, 3.8) is 0 Å². The van der Waals surface area contributed by atoms with Crippen LogP contribution in [0.3, 0.4) is 0 Å². The van der Waals surface area contributed by atoms with Gasteiger partial charge in [-0.3, -0.25) is 0 Å². The maximum Gasteiger partial charge on any atom is -0.0306 e. The first-order chi connectivity index (χ1) is 5.11. The van der Waals surface area contributed by atoms with E-state index < -0.39 is 0 Å². The van der Waals surface area contributed by atoms with E-state index >= 15 is 0 Å². The summed E-state index contributed by atoms with van der Waals surface area (Å²) >= 11 is 0. The zero-order valence-corrected chi connectivity index (χ0v) is 7.91. The number of hydrogen-bond donors (Lipinski definition) is 0. The van der Waals surface area contributed by atoms with E-state index in [0.717, 1.165) is 24.0 Å². The molecule has 0 radical (unpaired) electrons. The Labute approximate surface area is 70.3 Å². The smallest absolute Gasteiger partial charge is 0.0306 e. The van der Waals surface area contributed by atoms with Crippen LogP contribution in [0.2, 0.25) is 0 Å². The van der Waals surface area contributed by atoms with Gasteiger partial charge in [-0.1, -0.05) is 44.2 Å². The molecule has 0 aliphatic carbocycles. The van der Waals surface area contributed by atoms with Crippen LogP contribution in [0.25, 0.3) is 0 Å². The molecule has 0 amide bonds. The fourth-order valence-electron chi connectivity index (χ4n) is 0.824. The zero-order valence-electron chi connectivity index (χ0n) is 7.91. The topological polar surface area (TPSA) is 0 Å². The normalized spacial score (nSPS) is 9.00. The van der Waals surface area contributed by atoms with Gasteiger partial charge in [0.05, 0.1) is 0 Å². The zero-order chi connectivity index (χ0) is 8.85. The molecule has 0 rings (SSSR count). The van der Waals surface area contributed by atoms with Gasteiger partial charge in [0.25, 0.3) is 0 Å². The summed E-state index contributed by atoms with van der Waals surface area (Å²) in [5, 5.41) is 0. The van der Waals surface area contributed by atoms with E-state index in [0.29, 0.717) is 0 Å². The molecule has 0 aliphatic heterocycles. The number of rotatable bonds is 4. The highest BCUT2D eigenvalue weighted by Gasteiger charge is 1.92.